The Morgan fingerprint density at radius 1 is 1.05 bits per heavy atom. The van der Waals surface area contributed by atoms with Crippen LogP contribution in [-0.4, -0.2) is 11.1 Å². The zero-order valence-electron chi connectivity index (χ0n) is 10.5. The van der Waals surface area contributed by atoms with Crippen LogP contribution in [0.4, 0.5) is 8.78 Å². The van der Waals surface area contributed by atoms with Crippen LogP contribution in [0.3, 0.4) is 0 Å². The van der Waals surface area contributed by atoms with E-state index in [1.165, 1.54) is 11.8 Å². The second-order valence-electron chi connectivity index (χ2n) is 4.17. The van der Waals surface area contributed by atoms with E-state index in [2.05, 4.69) is 0 Å². The van der Waals surface area contributed by atoms with E-state index in [0.717, 1.165) is 17.7 Å². The number of carboxylic acid groups (broad SMARTS) is 1. The lowest BCUT2D eigenvalue weighted by Gasteiger charge is -2.08. The molecule has 2 aromatic rings. The molecule has 0 bridgehead atoms. The van der Waals surface area contributed by atoms with Gasteiger partial charge >= 0.3 is 5.97 Å². The van der Waals surface area contributed by atoms with Gasteiger partial charge in [-0.05, 0) is 17.7 Å². The molecule has 5 heteroatoms. The first-order valence-corrected chi connectivity index (χ1v) is 7.07. The lowest BCUT2D eigenvalue weighted by molar-refractivity contribution is 0.0695. The van der Waals surface area contributed by atoms with Gasteiger partial charge in [0, 0.05) is 17.1 Å². The smallest absolute Gasteiger partial charge is 0.336 e. The average molecular weight is 294 g/mol. The maximum Gasteiger partial charge on any atom is 0.336 e. The van der Waals surface area contributed by atoms with Gasteiger partial charge in [0.25, 0.3) is 0 Å². The van der Waals surface area contributed by atoms with Crippen molar-refractivity contribution in [3.05, 3.63) is 70.8 Å². The third-order valence-corrected chi connectivity index (χ3v) is 3.81. The van der Waals surface area contributed by atoms with Crippen molar-refractivity contribution in [1.82, 2.24) is 0 Å². The Kier molecular flexibility index (Phi) is 4.74. The molecule has 0 spiro atoms. The van der Waals surface area contributed by atoms with Crippen LogP contribution >= 0.6 is 11.8 Å². The van der Waals surface area contributed by atoms with Gasteiger partial charge in [-0.2, -0.15) is 11.8 Å². The highest BCUT2D eigenvalue weighted by Crippen LogP contribution is 2.24. The zero-order valence-corrected chi connectivity index (χ0v) is 11.3. The van der Waals surface area contributed by atoms with Crippen molar-refractivity contribution in [1.29, 1.82) is 0 Å². The number of halogens is 2. The minimum Gasteiger partial charge on any atom is -0.478 e. The lowest BCUT2D eigenvalue weighted by Crippen LogP contribution is -2.06. The summed E-state index contributed by atoms with van der Waals surface area (Å²) in [6.45, 7) is 0. The highest BCUT2D eigenvalue weighted by molar-refractivity contribution is 7.97. The van der Waals surface area contributed by atoms with Crippen molar-refractivity contribution in [2.24, 2.45) is 0 Å². The molecule has 0 atom stereocenters. The van der Waals surface area contributed by atoms with E-state index >= 15 is 0 Å². The van der Waals surface area contributed by atoms with E-state index < -0.39 is 17.6 Å². The van der Waals surface area contributed by atoms with Gasteiger partial charge in [0.2, 0.25) is 0 Å². The number of thioether (sulfide) groups is 1. The number of rotatable bonds is 5. The second-order valence-corrected chi connectivity index (χ2v) is 5.16. The maximum absolute atomic E-state index is 13.7. The van der Waals surface area contributed by atoms with Crippen molar-refractivity contribution in [3.8, 4) is 0 Å². The molecule has 2 aromatic carbocycles. The molecule has 0 aliphatic heterocycles. The Morgan fingerprint density at radius 3 is 2.40 bits per heavy atom. The number of aromatic carboxylic acids is 1. The van der Waals surface area contributed by atoms with E-state index in [9.17, 15) is 13.6 Å². The first kappa shape index (κ1) is 14.5. The number of carboxylic acids is 1. The first-order chi connectivity index (χ1) is 9.59. The Balaban J connectivity index is 2.12. The van der Waals surface area contributed by atoms with Crippen LogP contribution in [0.25, 0.3) is 0 Å². The fourth-order valence-corrected chi connectivity index (χ4v) is 2.80. The Hall–Kier alpha value is -1.88. The predicted octanol–water partition coefficient (Wildman–Crippen LogP) is 4.10. The Morgan fingerprint density at radius 2 is 1.75 bits per heavy atom. The number of hydrogen-bond donors (Lipinski definition) is 1. The molecule has 0 aliphatic carbocycles. The molecule has 1 N–H and O–H groups in total. The third-order valence-electron chi connectivity index (χ3n) is 2.78. The molecule has 0 heterocycles. The normalized spacial score (nSPS) is 10.5. The molecule has 0 amide bonds. The summed E-state index contributed by atoms with van der Waals surface area (Å²) in [5.74, 6) is -2.63. The van der Waals surface area contributed by atoms with E-state index in [-0.39, 0.29) is 16.9 Å². The van der Waals surface area contributed by atoms with Gasteiger partial charge in [-0.25, -0.2) is 13.6 Å². The third kappa shape index (κ3) is 3.36. The van der Waals surface area contributed by atoms with Gasteiger partial charge in [-0.3, -0.25) is 0 Å². The molecule has 2 rings (SSSR count). The molecule has 0 aliphatic rings. The van der Waals surface area contributed by atoms with E-state index in [0.29, 0.717) is 5.75 Å². The summed E-state index contributed by atoms with van der Waals surface area (Å²) in [7, 11) is 0. The number of carbonyl (C=O) groups is 1. The largest absolute Gasteiger partial charge is 0.478 e. The number of hydrogen-bond acceptors (Lipinski definition) is 2. The van der Waals surface area contributed by atoms with E-state index in [1.807, 2.05) is 30.3 Å². The van der Waals surface area contributed by atoms with Gasteiger partial charge in [0.15, 0.2) is 11.6 Å². The van der Waals surface area contributed by atoms with Crippen LogP contribution in [0, 0.1) is 11.6 Å². The zero-order chi connectivity index (χ0) is 14.5. The molecular formula is C15H12F2O2S. The molecule has 0 fully saturated rings. The van der Waals surface area contributed by atoms with Crippen LogP contribution in [0.1, 0.15) is 21.5 Å². The van der Waals surface area contributed by atoms with Gasteiger partial charge in [0.1, 0.15) is 0 Å². The van der Waals surface area contributed by atoms with E-state index in [1.54, 1.807) is 0 Å². The van der Waals surface area contributed by atoms with Crippen molar-refractivity contribution < 1.29 is 18.7 Å². The Bertz CT molecular complexity index is 615. The summed E-state index contributed by atoms with van der Waals surface area (Å²) in [4.78, 5) is 11.0. The SMILES string of the molecule is O=C(O)c1ccc(F)c(F)c1CSCc1ccccc1. The molecule has 0 saturated heterocycles. The average Bonchev–Trinajstić information content (AvgIpc) is 2.44. The molecule has 20 heavy (non-hydrogen) atoms. The molecule has 0 saturated carbocycles. The molecule has 2 nitrogen and oxygen atoms in total. The number of benzene rings is 2. The summed E-state index contributed by atoms with van der Waals surface area (Å²) in [6.07, 6.45) is 0. The van der Waals surface area contributed by atoms with Crippen molar-refractivity contribution >= 4 is 17.7 Å². The van der Waals surface area contributed by atoms with Crippen molar-refractivity contribution in [2.45, 2.75) is 11.5 Å². The van der Waals surface area contributed by atoms with Crippen LogP contribution < -0.4 is 0 Å². The second kappa shape index (κ2) is 6.52. The van der Waals surface area contributed by atoms with E-state index in [4.69, 9.17) is 5.11 Å². The maximum atomic E-state index is 13.7. The van der Waals surface area contributed by atoms with Crippen LogP contribution in [0.15, 0.2) is 42.5 Å². The summed E-state index contributed by atoms with van der Waals surface area (Å²) in [5, 5.41) is 9.00. The molecule has 0 radical (unpaired) electrons. The lowest BCUT2D eigenvalue weighted by atomic mass is 10.1. The predicted molar refractivity (Wildman–Crippen MR) is 74.8 cm³/mol. The van der Waals surface area contributed by atoms with Crippen LogP contribution in [-0.2, 0) is 11.5 Å². The van der Waals surface area contributed by atoms with Gasteiger partial charge < -0.3 is 5.11 Å². The molecular weight excluding hydrogens is 282 g/mol. The van der Waals surface area contributed by atoms with Crippen LogP contribution in [0.2, 0.25) is 0 Å². The molecule has 0 aromatic heterocycles. The van der Waals surface area contributed by atoms with Crippen molar-refractivity contribution in [3.63, 3.8) is 0 Å². The molecule has 104 valence electrons. The highest BCUT2D eigenvalue weighted by Gasteiger charge is 2.17. The topological polar surface area (TPSA) is 37.3 Å². The van der Waals surface area contributed by atoms with Crippen LogP contribution in [0.5, 0.6) is 0 Å². The summed E-state index contributed by atoms with van der Waals surface area (Å²) >= 11 is 1.34. The molecule has 0 unspecified atom stereocenters. The first-order valence-electron chi connectivity index (χ1n) is 5.91. The quantitative estimate of drug-likeness (QED) is 0.902. The fourth-order valence-electron chi connectivity index (χ4n) is 1.78. The fraction of sp³-hybridized carbons (Fsp3) is 0.133. The van der Waals surface area contributed by atoms with Gasteiger partial charge in [-0.1, -0.05) is 30.3 Å². The van der Waals surface area contributed by atoms with Crippen molar-refractivity contribution in [2.75, 3.05) is 0 Å². The summed E-state index contributed by atoms with van der Waals surface area (Å²) in [6, 6.07) is 11.5. The monoisotopic (exact) mass is 294 g/mol. The summed E-state index contributed by atoms with van der Waals surface area (Å²) < 4.78 is 26.9. The van der Waals surface area contributed by atoms with Gasteiger partial charge in [-0.15, -0.1) is 0 Å². The van der Waals surface area contributed by atoms with Gasteiger partial charge in [0.05, 0.1) is 5.56 Å². The minimum absolute atomic E-state index is 0.0987. The highest BCUT2D eigenvalue weighted by atomic mass is 32.2. The minimum atomic E-state index is -1.25. The standard InChI is InChI=1S/C15H12F2O2S/c16-13-7-6-11(15(18)19)12(14(13)17)9-20-8-10-4-2-1-3-5-10/h1-7H,8-9H2,(H,18,19). The Labute approximate surface area is 119 Å². The summed E-state index contributed by atoms with van der Waals surface area (Å²) in [5.41, 5.74) is 0.758.